The van der Waals surface area contributed by atoms with Gasteiger partial charge in [0.05, 0.1) is 0 Å². The van der Waals surface area contributed by atoms with Crippen LogP contribution in [0.5, 0.6) is 0 Å². The van der Waals surface area contributed by atoms with Crippen LogP contribution in [0.25, 0.3) is 0 Å². The van der Waals surface area contributed by atoms with E-state index in [1.165, 1.54) is 6.20 Å². The molecule has 0 aliphatic heterocycles. The number of aryl methyl sites for hydroxylation is 1. The first-order chi connectivity index (χ1) is 5.95. The predicted octanol–water partition coefficient (Wildman–Crippen LogP) is 0.0602. The van der Waals surface area contributed by atoms with E-state index < -0.39 is 9.84 Å². The Morgan fingerprint density at radius 3 is 2.62 bits per heavy atom. The van der Waals surface area contributed by atoms with Gasteiger partial charge in [-0.05, 0) is 6.92 Å². The zero-order valence-electron chi connectivity index (χ0n) is 7.14. The van der Waals surface area contributed by atoms with Crippen molar-refractivity contribution in [1.29, 1.82) is 5.26 Å². The quantitative estimate of drug-likeness (QED) is 0.594. The molecule has 0 aliphatic carbocycles. The fourth-order valence-electron chi connectivity index (χ4n) is 0.718. The molecule has 0 fully saturated rings. The summed E-state index contributed by atoms with van der Waals surface area (Å²) in [4.78, 5) is 7.21. The molecule has 0 radical (unpaired) electrons. The van der Waals surface area contributed by atoms with Crippen molar-refractivity contribution in [3.8, 4) is 6.07 Å². The van der Waals surface area contributed by atoms with Gasteiger partial charge in [0.15, 0.2) is 0 Å². The number of nitrogens with zero attached hydrogens (tertiary/aromatic N) is 3. The lowest BCUT2D eigenvalue weighted by atomic mass is 10.3. The van der Waals surface area contributed by atoms with E-state index in [2.05, 4.69) is 9.97 Å². The van der Waals surface area contributed by atoms with E-state index in [0.29, 0.717) is 5.56 Å². The second-order valence-corrected chi connectivity index (χ2v) is 4.48. The third-order valence-electron chi connectivity index (χ3n) is 1.39. The van der Waals surface area contributed by atoms with Crippen LogP contribution in [0.3, 0.4) is 0 Å². The van der Waals surface area contributed by atoms with Crippen molar-refractivity contribution in [2.24, 2.45) is 0 Å². The van der Waals surface area contributed by atoms with E-state index in [4.69, 9.17) is 5.26 Å². The van der Waals surface area contributed by atoms with Gasteiger partial charge in [-0.2, -0.15) is 5.26 Å². The van der Waals surface area contributed by atoms with E-state index in [1.54, 1.807) is 13.0 Å². The third-order valence-corrected chi connectivity index (χ3v) is 2.25. The van der Waals surface area contributed by atoms with Gasteiger partial charge in [-0.15, -0.1) is 0 Å². The molecular formula is C7H7N3O2S. The van der Waals surface area contributed by atoms with Crippen LogP contribution in [0.15, 0.2) is 11.4 Å². The number of rotatable bonds is 1. The lowest BCUT2D eigenvalue weighted by molar-refractivity contribution is 0.592. The summed E-state index contributed by atoms with van der Waals surface area (Å²) in [5, 5.41) is 8.26. The van der Waals surface area contributed by atoms with Gasteiger partial charge in [0.1, 0.15) is 11.8 Å². The number of nitriles is 1. The maximum absolute atomic E-state index is 11.0. The van der Waals surface area contributed by atoms with E-state index in [1.807, 2.05) is 0 Å². The summed E-state index contributed by atoms with van der Waals surface area (Å²) in [6, 6.07) is 1.79. The second-order valence-electron chi connectivity index (χ2n) is 2.57. The molecule has 0 atom stereocenters. The molecule has 1 heterocycles. The molecule has 0 amide bonds. The Kier molecular flexibility index (Phi) is 2.30. The van der Waals surface area contributed by atoms with Crippen LogP contribution >= 0.6 is 0 Å². The van der Waals surface area contributed by atoms with Crippen LogP contribution in [-0.2, 0) is 9.84 Å². The van der Waals surface area contributed by atoms with Crippen LogP contribution in [0.1, 0.15) is 11.3 Å². The van der Waals surface area contributed by atoms with Crippen LogP contribution in [0.2, 0.25) is 0 Å². The molecule has 1 aromatic heterocycles. The largest absolute Gasteiger partial charge is 0.248 e. The van der Waals surface area contributed by atoms with Crippen LogP contribution in [-0.4, -0.2) is 24.6 Å². The Labute approximate surface area is 76.0 Å². The van der Waals surface area contributed by atoms with Crippen molar-refractivity contribution >= 4 is 9.84 Å². The summed E-state index contributed by atoms with van der Waals surface area (Å²) >= 11 is 0. The van der Waals surface area contributed by atoms with Crippen molar-refractivity contribution in [1.82, 2.24) is 9.97 Å². The maximum atomic E-state index is 11.0. The molecule has 1 aromatic rings. The average Bonchev–Trinajstić information content (AvgIpc) is 2.03. The fourth-order valence-corrected chi connectivity index (χ4v) is 1.22. The summed E-state index contributed by atoms with van der Waals surface area (Å²) in [7, 11) is -3.43. The number of sulfone groups is 1. The summed E-state index contributed by atoms with van der Waals surface area (Å²) in [5.74, 6) is 0. The normalized spacial score (nSPS) is 10.8. The molecule has 5 nitrogen and oxygen atoms in total. The van der Waals surface area contributed by atoms with Crippen LogP contribution in [0, 0.1) is 18.3 Å². The molecule has 1 rings (SSSR count). The monoisotopic (exact) mass is 197 g/mol. The van der Waals surface area contributed by atoms with Gasteiger partial charge < -0.3 is 0 Å². The molecule has 0 spiro atoms. The predicted molar refractivity (Wildman–Crippen MR) is 44.6 cm³/mol. The molecular weight excluding hydrogens is 190 g/mol. The van der Waals surface area contributed by atoms with Gasteiger partial charge >= 0.3 is 0 Å². The van der Waals surface area contributed by atoms with Gasteiger partial charge in [0.25, 0.3) is 0 Å². The lowest BCUT2D eigenvalue weighted by Gasteiger charge is -1.98. The molecule has 68 valence electrons. The highest BCUT2D eigenvalue weighted by atomic mass is 32.2. The topological polar surface area (TPSA) is 83.7 Å². The maximum Gasteiger partial charge on any atom is 0.248 e. The van der Waals surface area contributed by atoms with Gasteiger partial charge in [-0.1, -0.05) is 0 Å². The van der Waals surface area contributed by atoms with Gasteiger partial charge in [-0.3, -0.25) is 0 Å². The van der Waals surface area contributed by atoms with E-state index in [-0.39, 0.29) is 10.9 Å². The molecule has 0 saturated heterocycles. The van der Waals surface area contributed by atoms with Crippen LogP contribution < -0.4 is 0 Å². The van der Waals surface area contributed by atoms with Crippen molar-refractivity contribution in [2.45, 2.75) is 12.1 Å². The Balaban J connectivity index is 3.41. The number of hydrogen-bond donors (Lipinski definition) is 0. The Bertz CT molecular complexity index is 473. The first-order valence-corrected chi connectivity index (χ1v) is 5.28. The van der Waals surface area contributed by atoms with Gasteiger partial charge in [-0.25, -0.2) is 18.4 Å². The molecule has 0 aliphatic rings. The van der Waals surface area contributed by atoms with E-state index in [9.17, 15) is 8.42 Å². The van der Waals surface area contributed by atoms with Gasteiger partial charge in [0, 0.05) is 18.0 Å². The van der Waals surface area contributed by atoms with Crippen LogP contribution in [0.4, 0.5) is 0 Å². The standard InChI is InChI=1S/C7H7N3O2S/c1-5-4-9-7(13(2,11)12)10-6(5)3-8/h4H,1-2H3. The highest BCUT2D eigenvalue weighted by Crippen LogP contribution is 2.05. The lowest BCUT2D eigenvalue weighted by Crippen LogP contribution is -2.05. The summed E-state index contributed by atoms with van der Waals surface area (Å²) in [5.41, 5.74) is 0.658. The molecule has 13 heavy (non-hydrogen) atoms. The van der Waals surface area contributed by atoms with E-state index >= 15 is 0 Å². The average molecular weight is 197 g/mol. The highest BCUT2D eigenvalue weighted by Gasteiger charge is 2.12. The number of hydrogen-bond acceptors (Lipinski definition) is 5. The zero-order chi connectivity index (χ0) is 10.1. The first kappa shape index (κ1) is 9.61. The molecule has 6 heteroatoms. The smallest absolute Gasteiger partial charge is 0.226 e. The Morgan fingerprint density at radius 1 is 1.54 bits per heavy atom. The summed E-state index contributed by atoms with van der Waals surface area (Å²) in [6.45, 7) is 1.64. The second kappa shape index (κ2) is 3.11. The molecule has 0 unspecified atom stereocenters. The van der Waals surface area contributed by atoms with Crippen molar-refractivity contribution in [2.75, 3.05) is 6.26 Å². The fraction of sp³-hybridized carbons (Fsp3) is 0.286. The first-order valence-electron chi connectivity index (χ1n) is 3.39. The molecule has 0 N–H and O–H groups in total. The van der Waals surface area contributed by atoms with Crippen molar-refractivity contribution in [3.63, 3.8) is 0 Å². The summed E-state index contributed by atoms with van der Waals surface area (Å²) < 4.78 is 22.0. The summed E-state index contributed by atoms with van der Waals surface area (Å²) in [6.07, 6.45) is 2.32. The highest BCUT2D eigenvalue weighted by molar-refractivity contribution is 7.90. The Hall–Kier alpha value is -1.48. The van der Waals surface area contributed by atoms with Crippen molar-refractivity contribution in [3.05, 3.63) is 17.5 Å². The van der Waals surface area contributed by atoms with Crippen molar-refractivity contribution < 1.29 is 8.42 Å². The minimum atomic E-state index is -3.43. The third kappa shape index (κ3) is 2.00. The SMILES string of the molecule is Cc1cnc(S(C)(=O)=O)nc1C#N. The number of aromatic nitrogens is 2. The van der Waals surface area contributed by atoms with Gasteiger partial charge in [0.2, 0.25) is 15.0 Å². The Morgan fingerprint density at radius 2 is 2.15 bits per heavy atom. The van der Waals surface area contributed by atoms with E-state index in [0.717, 1.165) is 6.26 Å². The molecule has 0 saturated carbocycles. The zero-order valence-corrected chi connectivity index (χ0v) is 7.96. The molecule has 0 bridgehead atoms. The minimum absolute atomic E-state index is 0.0930. The molecule has 0 aromatic carbocycles. The minimum Gasteiger partial charge on any atom is -0.226 e.